The number of aliphatic hydroxyl groups excluding tert-OH is 1. The van der Waals surface area contributed by atoms with Gasteiger partial charge in [0.05, 0.1) is 26.7 Å². The maximum absolute atomic E-state index is 11.9. The number of rotatable bonds is 2. The minimum atomic E-state index is 0. The van der Waals surface area contributed by atoms with E-state index < -0.39 is 0 Å². The number of nitrogens with zero attached hydrogens (tertiary/aromatic N) is 2. The smallest absolute Gasteiger partial charge is 0.250 e. The van der Waals surface area contributed by atoms with Crippen LogP contribution in [0, 0.1) is 5.92 Å². The summed E-state index contributed by atoms with van der Waals surface area (Å²) >= 11 is 0. The van der Waals surface area contributed by atoms with Crippen LogP contribution in [-0.2, 0) is 6.54 Å². The first-order valence-electron chi connectivity index (χ1n) is 6.75. The van der Waals surface area contributed by atoms with Gasteiger partial charge in [-0.3, -0.25) is 4.79 Å². The van der Waals surface area contributed by atoms with Crippen molar-refractivity contribution in [2.24, 2.45) is 5.92 Å². The van der Waals surface area contributed by atoms with Gasteiger partial charge in [0.2, 0.25) is 0 Å². The van der Waals surface area contributed by atoms with Crippen molar-refractivity contribution in [1.29, 1.82) is 0 Å². The van der Waals surface area contributed by atoms with Crippen molar-refractivity contribution in [2.45, 2.75) is 18.9 Å². The number of halogens is 1. The van der Waals surface area contributed by atoms with Crippen LogP contribution in [0.15, 0.2) is 23.0 Å². The molecule has 4 nitrogen and oxygen atoms in total. The van der Waals surface area contributed by atoms with Crippen LogP contribution in [0.4, 0.5) is 0 Å². The molecular formula is C14H21IN2O2. The van der Waals surface area contributed by atoms with E-state index in [1.165, 1.54) is 12.1 Å². The Morgan fingerprint density at radius 2 is 2.21 bits per heavy atom. The molecular weight excluding hydrogens is 355 g/mol. The van der Waals surface area contributed by atoms with Crippen LogP contribution in [0.1, 0.15) is 18.0 Å². The number of hydrogen-bond donors (Lipinski definition) is 1. The lowest BCUT2D eigenvalue weighted by atomic mass is 9.82. The Bertz CT molecular complexity index is 516. The SMILES string of the molecule is C[N+]1(CCO)CC2CC(C1)c1cccc(=O)n1C2.[I-]. The van der Waals surface area contributed by atoms with Gasteiger partial charge in [-0.15, -0.1) is 0 Å². The molecule has 2 aliphatic rings. The molecule has 1 fully saturated rings. The minimum absolute atomic E-state index is 0. The van der Waals surface area contributed by atoms with Crippen LogP contribution in [0.3, 0.4) is 0 Å². The molecule has 1 aromatic rings. The quantitative estimate of drug-likeness (QED) is 0.455. The topological polar surface area (TPSA) is 42.2 Å². The summed E-state index contributed by atoms with van der Waals surface area (Å²) in [5, 5.41) is 9.22. The Kier molecular flexibility index (Phi) is 4.37. The molecule has 0 amide bonds. The molecule has 3 atom stereocenters. The lowest BCUT2D eigenvalue weighted by Gasteiger charge is -2.47. The molecule has 106 valence electrons. The normalized spacial score (nSPS) is 32.3. The zero-order chi connectivity index (χ0) is 12.8. The number of pyridine rings is 1. The molecule has 0 aliphatic carbocycles. The maximum atomic E-state index is 11.9. The second-order valence-electron chi connectivity index (χ2n) is 6.13. The molecule has 3 rings (SSSR count). The van der Waals surface area contributed by atoms with Gasteiger partial charge in [0, 0.05) is 30.1 Å². The predicted molar refractivity (Wildman–Crippen MR) is 69.4 cm³/mol. The predicted octanol–water partition coefficient (Wildman–Crippen LogP) is -2.59. The maximum Gasteiger partial charge on any atom is 0.250 e. The second-order valence-corrected chi connectivity index (χ2v) is 6.13. The summed E-state index contributed by atoms with van der Waals surface area (Å²) in [4.78, 5) is 11.9. The zero-order valence-corrected chi connectivity index (χ0v) is 13.4. The summed E-state index contributed by atoms with van der Waals surface area (Å²) in [5.41, 5.74) is 1.33. The van der Waals surface area contributed by atoms with Gasteiger partial charge in [0.15, 0.2) is 0 Å². The van der Waals surface area contributed by atoms with E-state index >= 15 is 0 Å². The van der Waals surface area contributed by atoms with Crippen LogP contribution < -0.4 is 29.5 Å². The Hall–Kier alpha value is -0.400. The highest BCUT2D eigenvalue weighted by molar-refractivity contribution is 5.15. The largest absolute Gasteiger partial charge is 1.00 e. The fourth-order valence-electron chi connectivity index (χ4n) is 3.90. The van der Waals surface area contributed by atoms with Gasteiger partial charge in [-0.2, -0.15) is 0 Å². The number of hydrogen-bond acceptors (Lipinski definition) is 2. The van der Waals surface area contributed by atoms with Gasteiger partial charge in [0.25, 0.3) is 5.56 Å². The van der Waals surface area contributed by atoms with Crippen LogP contribution in [0.25, 0.3) is 0 Å². The van der Waals surface area contributed by atoms with Gasteiger partial charge < -0.3 is 38.1 Å². The van der Waals surface area contributed by atoms with E-state index in [0.29, 0.717) is 11.8 Å². The molecule has 1 N–H and O–H groups in total. The highest BCUT2D eigenvalue weighted by atomic mass is 127. The van der Waals surface area contributed by atoms with Crippen molar-refractivity contribution in [3.8, 4) is 0 Å². The van der Waals surface area contributed by atoms with E-state index in [-0.39, 0.29) is 36.1 Å². The van der Waals surface area contributed by atoms with E-state index in [1.807, 2.05) is 10.6 Å². The van der Waals surface area contributed by atoms with Crippen LogP contribution in [0.5, 0.6) is 0 Å². The molecule has 3 unspecified atom stereocenters. The summed E-state index contributed by atoms with van der Waals surface area (Å²) in [5.74, 6) is 1.05. The summed E-state index contributed by atoms with van der Waals surface area (Å²) in [7, 11) is 2.23. The Morgan fingerprint density at radius 1 is 1.42 bits per heavy atom. The fourth-order valence-corrected chi connectivity index (χ4v) is 3.90. The highest BCUT2D eigenvalue weighted by Gasteiger charge is 2.41. The van der Waals surface area contributed by atoms with Crippen LogP contribution >= 0.6 is 0 Å². The molecule has 1 aromatic heterocycles. The van der Waals surface area contributed by atoms with Crippen LogP contribution in [-0.4, -0.2) is 47.4 Å². The van der Waals surface area contributed by atoms with Crippen molar-refractivity contribution in [3.63, 3.8) is 0 Å². The third kappa shape index (κ3) is 2.73. The van der Waals surface area contributed by atoms with Crippen LogP contribution in [0.2, 0.25) is 0 Å². The first-order chi connectivity index (χ1) is 8.61. The lowest BCUT2D eigenvalue weighted by molar-refractivity contribution is -0.920. The Morgan fingerprint density at radius 3 is 2.95 bits per heavy atom. The summed E-state index contributed by atoms with van der Waals surface area (Å²) in [6.07, 6.45) is 1.20. The van der Waals surface area contributed by atoms with Crippen molar-refractivity contribution in [2.75, 3.05) is 33.3 Å². The number of likely N-dealkylation sites (tertiary alicyclic amines) is 1. The number of piperidine rings is 1. The fraction of sp³-hybridized carbons (Fsp3) is 0.643. The molecule has 3 heterocycles. The molecule has 5 heteroatoms. The molecule has 2 bridgehead atoms. The molecule has 0 aromatic carbocycles. The average molecular weight is 376 g/mol. The average Bonchev–Trinajstić information content (AvgIpc) is 2.30. The first kappa shape index (κ1) is 15.0. The van der Waals surface area contributed by atoms with E-state index in [1.54, 1.807) is 6.07 Å². The minimum Gasteiger partial charge on any atom is -1.00 e. The molecule has 1 saturated heterocycles. The van der Waals surface area contributed by atoms with E-state index in [0.717, 1.165) is 30.7 Å². The van der Waals surface area contributed by atoms with Crippen molar-refractivity contribution < 1.29 is 33.6 Å². The summed E-state index contributed by atoms with van der Waals surface area (Å²) in [6, 6.07) is 5.63. The molecule has 0 radical (unpaired) electrons. The number of aromatic nitrogens is 1. The van der Waals surface area contributed by atoms with Crippen molar-refractivity contribution >= 4 is 0 Å². The lowest BCUT2D eigenvalue weighted by Crippen LogP contribution is -3.00. The zero-order valence-electron chi connectivity index (χ0n) is 11.3. The van der Waals surface area contributed by atoms with Crippen molar-refractivity contribution in [3.05, 3.63) is 34.2 Å². The second kappa shape index (κ2) is 5.54. The van der Waals surface area contributed by atoms with Gasteiger partial charge in [-0.1, -0.05) is 6.07 Å². The molecule has 19 heavy (non-hydrogen) atoms. The summed E-state index contributed by atoms with van der Waals surface area (Å²) in [6.45, 7) is 4.05. The third-order valence-electron chi connectivity index (χ3n) is 4.56. The number of aliphatic hydroxyl groups is 1. The number of fused-ring (bicyclic) bond motifs is 4. The van der Waals surface area contributed by atoms with Gasteiger partial charge >= 0.3 is 0 Å². The van der Waals surface area contributed by atoms with Gasteiger partial charge in [0.1, 0.15) is 6.54 Å². The van der Waals surface area contributed by atoms with E-state index in [9.17, 15) is 9.90 Å². The molecule has 2 aliphatic heterocycles. The standard InChI is InChI=1S/C14H21N2O2.HI/c1-16(5-6-17)9-11-7-12(10-16)13-3-2-4-14(18)15(13)8-11;/h2-4,11-12,17H,5-10H2,1H3;1H/q+1;/p-1. The van der Waals surface area contributed by atoms with E-state index in [2.05, 4.69) is 13.1 Å². The van der Waals surface area contributed by atoms with Gasteiger partial charge in [-0.05, 0) is 12.5 Å². The third-order valence-corrected chi connectivity index (χ3v) is 4.56. The van der Waals surface area contributed by atoms with Crippen molar-refractivity contribution in [1.82, 2.24) is 4.57 Å². The monoisotopic (exact) mass is 376 g/mol. The highest BCUT2D eigenvalue weighted by Crippen LogP contribution is 2.37. The summed E-state index contributed by atoms with van der Waals surface area (Å²) < 4.78 is 2.90. The number of likely N-dealkylation sites (N-methyl/N-ethyl adjacent to an activating group) is 1. The van der Waals surface area contributed by atoms with E-state index in [4.69, 9.17) is 0 Å². The number of quaternary nitrogens is 1. The first-order valence-corrected chi connectivity index (χ1v) is 6.75. The van der Waals surface area contributed by atoms with Gasteiger partial charge in [-0.25, -0.2) is 0 Å². The Balaban J connectivity index is 0.00000133. The molecule has 0 saturated carbocycles. The molecule has 0 spiro atoms. The Labute approximate surface area is 130 Å².